The molecule has 1 aromatic carbocycles. The van der Waals surface area contributed by atoms with E-state index in [-0.39, 0.29) is 22.0 Å². The molecule has 0 aliphatic rings. The molecule has 118 valence electrons. The predicted octanol–water partition coefficient (Wildman–Crippen LogP) is 0.881. The maximum absolute atomic E-state index is 12.1. The van der Waals surface area contributed by atoms with Crippen molar-refractivity contribution in [2.24, 2.45) is 5.14 Å². The summed E-state index contributed by atoms with van der Waals surface area (Å²) < 4.78 is 33.2. The molecule has 0 aromatic heterocycles. The number of methoxy groups -OCH3 is 2. The summed E-state index contributed by atoms with van der Waals surface area (Å²) in [5, 5.41) is 7.83. The topological polar surface area (TPSA) is 108 Å². The molecule has 0 bridgehead atoms. The number of unbranched alkanes of at least 4 members (excludes halogenated alkanes) is 1. The Morgan fingerprint density at radius 2 is 1.86 bits per heavy atom. The fourth-order valence-electron chi connectivity index (χ4n) is 1.74. The number of benzene rings is 1. The highest BCUT2D eigenvalue weighted by molar-refractivity contribution is 7.89. The molecule has 0 saturated carbocycles. The molecule has 21 heavy (non-hydrogen) atoms. The summed E-state index contributed by atoms with van der Waals surface area (Å²) >= 11 is 0. The van der Waals surface area contributed by atoms with Gasteiger partial charge in [0, 0.05) is 12.6 Å². The molecule has 1 amide bonds. The molecule has 0 fully saturated rings. The van der Waals surface area contributed by atoms with Crippen LogP contribution in [0.2, 0.25) is 0 Å². The van der Waals surface area contributed by atoms with Gasteiger partial charge in [0.25, 0.3) is 5.91 Å². The lowest BCUT2D eigenvalue weighted by Gasteiger charge is -2.13. The lowest BCUT2D eigenvalue weighted by molar-refractivity contribution is 0.0950. The van der Waals surface area contributed by atoms with Gasteiger partial charge in [-0.3, -0.25) is 4.79 Å². The highest BCUT2D eigenvalue weighted by Crippen LogP contribution is 2.31. The summed E-state index contributed by atoms with van der Waals surface area (Å²) in [6.07, 6.45) is 1.76. The van der Waals surface area contributed by atoms with Crippen molar-refractivity contribution in [2.75, 3.05) is 20.8 Å². The predicted molar refractivity (Wildman–Crippen MR) is 78.2 cm³/mol. The van der Waals surface area contributed by atoms with Crippen molar-refractivity contribution in [3.8, 4) is 11.5 Å². The zero-order valence-corrected chi connectivity index (χ0v) is 13.1. The molecule has 7 nitrogen and oxygen atoms in total. The van der Waals surface area contributed by atoms with Crippen molar-refractivity contribution in [1.82, 2.24) is 5.32 Å². The third-order valence-electron chi connectivity index (χ3n) is 2.85. The van der Waals surface area contributed by atoms with Crippen LogP contribution in [0.3, 0.4) is 0 Å². The number of carbonyl (C=O) groups excluding carboxylic acids is 1. The minimum absolute atomic E-state index is 0.0273. The Balaban J connectivity index is 3.27. The molecular formula is C13H20N2O5S. The standard InChI is InChI=1S/C13H20N2O5S/c1-4-5-6-15-13(16)9-7-12(21(14,17)18)11(20-3)8-10(9)19-2/h7-8H,4-6H2,1-3H3,(H,15,16)(H2,14,17,18). The monoisotopic (exact) mass is 316 g/mol. The molecule has 0 saturated heterocycles. The van der Waals surface area contributed by atoms with Crippen LogP contribution in [0.25, 0.3) is 0 Å². The first-order valence-electron chi connectivity index (χ1n) is 6.42. The fraction of sp³-hybridized carbons (Fsp3) is 0.462. The summed E-state index contributed by atoms with van der Waals surface area (Å²) in [5.41, 5.74) is 0.0958. The number of hydrogen-bond donors (Lipinski definition) is 2. The van der Waals surface area contributed by atoms with Gasteiger partial charge in [0.15, 0.2) is 0 Å². The highest BCUT2D eigenvalue weighted by atomic mass is 32.2. The van der Waals surface area contributed by atoms with Gasteiger partial charge in [-0.15, -0.1) is 0 Å². The van der Waals surface area contributed by atoms with Gasteiger partial charge < -0.3 is 14.8 Å². The second-order valence-electron chi connectivity index (χ2n) is 4.36. The molecule has 0 spiro atoms. The molecule has 0 aliphatic heterocycles. The van der Waals surface area contributed by atoms with Crippen LogP contribution in [0.1, 0.15) is 30.1 Å². The van der Waals surface area contributed by atoms with Gasteiger partial charge in [-0.1, -0.05) is 13.3 Å². The van der Waals surface area contributed by atoms with Crippen LogP contribution in [0.5, 0.6) is 11.5 Å². The molecule has 3 N–H and O–H groups in total. The maximum Gasteiger partial charge on any atom is 0.255 e. The number of carbonyl (C=O) groups is 1. The van der Waals surface area contributed by atoms with Crippen molar-refractivity contribution in [2.45, 2.75) is 24.7 Å². The molecule has 0 heterocycles. The minimum Gasteiger partial charge on any atom is -0.496 e. The van der Waals surface area contributed by atoms with Gasteiger partial charge >= 0.3 is 0 Å². The minimum atomic E-state index is -4.01. The molecule has 1 rings (SSSR count). The molecule has 0 unspecified atom stereocenters. The average molecular weight is 316 g/mol. The Hall–Kier alpha value is -1.80. The number of ether oxygens (including phenoxy) is 2. The Bertz CT molecular complexity index is 613. The SMILES string of the molecule is CCCCNC(=O)c1cc(S(N)(=O)=O)c(OC)cc1OC. The van der Waals surface area contributed by atoms with Gasteiger partial charge in [0.1, 0.15) is 16.4 Å². The number of nitrogens with one attached hydrogen (secondary N) is 1. The third kappa shape index (κ3) is 4.33. The van der Waals surface area contributed by atoms with E-state index in [1.807, 2.05) is 6.92 Å². The van der Waals surface area contributed by atoms with E-state index in [1.165, 1.54) is 20.3 Å². The molecule has 1 aromatic rings. The Morgan fingerprint density at radius 1 is 1.24 bits per heavy atom. The summed E-state index contributed by atoms with van der Waals surface area (Å²) in [7, 11) is -1.32. The van der Waals surface area contributed by atoms with Crippen molar-refractivity contribution >= 4 is 15.9 Å². The van der Waals surface area contributed by atoms with E-state index in [4.69, 9.17) is 14.6 Å². The second-order valence-corrected chi connectivity index (χ2v) is 5.89. The van der Waals surface area contributed by atoms with E-state index in [1.54, 1.807) is 0 Å². The smallest absolute Gasteiger partial charge is 0.255 e. The summed E-state index contributed by atoms with van der Waals surface area (Å²) in [4.78, 5) is 11.9. The lowest BCUT2D eigenvalue weighted by Crippen LogP contribution is -2.25. The number of hydrogen-bond acceptors (Lipinski definition) is 5. The Kier molecular flexibility index (Phi) is 5.98. The van der Waals surface area contributed by atoms with E-state index >= 15 is 0 Å². The summed E-state index contributed by atoms with van der Waals surface area (Å²) in [5.74, 6) is -0.180. The van der Waals surface area contributed by atoms with Crippen LogP contribution >= 0.6 is 0 Å². The van der Waals surface area contributed by atoms with E-state index in [9.17, 15) is 13.2 Å². The normalized spacial score (nSPS) is 11.0. The molecule has 0 aliphatic carbocycles. The van der Waals surface area contributed by atoms with Crippen molar-refractivity contribution in [1.29, 1.82) is 0 Å². The number of nitrogens with two attached hydrogens (primary N) is 1. The van der Waals surface area contributed by atoms with E-state index in [0.717, 1.165) is 18.9 Å². The van der Waals surface area contributed by atoms with Gasteiger partial charge in [0.2, 0.25) is 10.0 Å². The zero-order chi connectivity index (χ0) is 16.0. The van der Waals surface area contributed by atoms with E-state index in [0.29, 0.717) is 6.54 Å². The Morgan fingerprint density at radius 3 is 2.33 bits per heavy atom. The van der Waals surface area contributed by atoms with Crippen molar-refractivity contribution in [3.05, 3.63) is 17.7 Å². The number of amides is 1. The van der Waals surface area contributed by atoms with Crippen LogP contribution in [-0.4, -0.2) is 35.1 Å². The zero-order valence-electron chi connectivity index (χ0n) is 12.3. The van der Waals surface area contributed by atoms with Crippen molar-refractivity contribution in [3.63, 3.8) is 0 Å². The first-order valence-corrected chi connectivity index (χ1v) is 7.96. The van der Waals surface area contributed by atoms with Gasteiger partial charge in [-0.05, 0) is 12.5 Å². The first kappa shape index (κ1) is 17.3. The summed E-state index contributed by atoms with van der Waals surface area (Å²) in [6.45, 7) is 2.49. The van der Waals surface area contributed by atoms with E-state index in [2.05, 4.69) is 5.32 Å². The van der Waals surface area contributed by atoms with Crippen LogP contribution < -0.4 is 19.9 Å². The molecule has 0 radical (unpaired) electrons. The lowest BCUT2D eigenvalue weighted by atomic mass is 10.1. The van der Waals surface area contributed by atoms with Gasteiger partial charge in [-0.2, -0.15) is 0 Å². The van der Waals surface area contributed by atoms with Crippen molar-refractivity contribution < 1.29 is 22.7 Å². The molecule has 0 atom stereocenters. The van der Waals surface area contributed by atoms with Crippen LogP contribution in [0.15, 0.2) is 17.0 Å². The number of primary sulfonamides is 1. The van der Waals surface area contributed by atoms with Crippen LogP contribution in [-0.2, 0) is 10.0 Å². The quantitative estimate of drug-likeness (QED) is 0.726. The van der Waals surface area contributed by atoms with Crippen LogP contribution in [0.4, 0.5) is 0 Å². The maximum atomic E-state index is 12.1. The molecular weight excluding hydrogens is 296 g/mol. The third-order valence-corrected chi connectivity index (χ3v) is 3.78. The number of sulfonamides is 1. The fourth-order valence-corrected chi connectivity index (χ4v) is 2.45. The van der Waals surface area contributed by atoms with Gasteiger partial charge in [0.05, 0.1) is 19.8 Å². The van der Waals surface area contributed by atoms with Crippen LogP contribution in [0, 0.1) is 0 Å². The van der Waals surface area contributed by atoms with E-state index < -0.39 is 15.9 Å². The number of rotatable bonds is 7. The first-order chi connectivity index (χ1) is 9.85. The largest absolute Gasteiger partial charge is 0.496 e. The van der Waals surface area contributed by atoms with Gasteiger partial charge in [-0.25, -0.2) is 13.6 Å². The second kappa shape index (κ2) is 7.28. The average Bonchev–Trinajstić information content (AvgIpc) is 2.44. The molecule has 8 heteroatoms. The Labute approximate surface area is 124 Å². The summed E-state index contributed by atoms with van der Waals surface area (Å²) in [6, 6.07) is 2.49. The highest BCUT2D eigenvalue weighted by Gasteiger charge is 2.22.